The van der Waals surface area contributed by atoms with Crippen LogP contribution in [0.4, 0.5) is 0 Å². The first-order valence-corrected chi connectivity index (χ1v) is 4.05. The normalized spacial score (nSPS) is 10.5. The molecule has 1 rings (SSSR count). The summed E-state index contributed by atoms with van der Waals surface area (Å²) < 4.78 is 4.34. The molecule has 3 N–H and O–H groups in total. The first-order chi connectivity index (χ1) is 7.04. The first kappa shape index (κ1) is 10.9. The summed E-state index contributed by atoms with van der Waals surface area (Å²) in [5, 5.41) is 27.7. The van der Waals surface area contributed by atoms with Crippen molar-refractivity contribution in [1.82, 2.24) is 0 Å². The van der Waals surface area contributed by atoms with Crippen LogP contribution < -0.4 is 0 Å². The zero-order valence-electron chi connectivity index (χ0n) is 7.97. The lowest BCUT2D eigenvalue weighted by Gasteiger charge is -2.03. The van der Waals surface area contributed by atoms with E-state index in [4.69, 9.17) is 5.11 Å². The van der Waals surface area contributed by atoms with Crippen molar-refractivity contribution in [1.29, 1.82) is 0 Å². The Morgan fingerprint density at radius 2 is 1.80 bits per heavy atom. The van der Waals surface area contributed by atoms with Gasteiger partial charge in [-0.3, -0.25) is 0 Å². The second-order valence-electron chi connectivity index (χ2n) is 2.75. The molecule has 0 fully saturated rings. The summed E-state index contributed by atoms with van der Waals surface area (Å²) in [4.78, 5) is 10.8. The number of carbonyl (C=O) groups excluding carboxylic acids is 1. The Hall–Kier alpha value is -2.17. The van der Waals surface area contributed by atoms with Gasteiger partial charge in [0, 0.05) is 18.2 Å². The minimum absolute atomic E-state index is 0.0400. The van der Waals surface area contributed by atoms with E-state index in [0.717, 1.165) is 18.2 Å². The van der Waals surface area contributed by atoms with Crippen LogP contribution in [0.25, 0.3) is 6.08 Å². The molecule has 1 aromatic carbocycles. The fourth-order valence-electron chi connectivity index (χ4n) is 0.999. The highest BCUT2D eigenvalue weighted by Crippen LogP contribution is 2.32. The van der Waals surface area contributed by atoms with Crippen molar-refractivity contribution in [3.8, 4) is 17.2 Å². The van der Waals surface area contributed by atoms with E-state index in [1.165, 1.54) is 13.2 Å². The number of ether oxygens (including phenoxy) is 1. The van der Waals surface area contributed by atoms with E-state index in [-0.39, 0.29) is 22.8 Å². The molecular weight excluding hydrogens is 200 g/mol. The number of aromatic hydroxyl groups is 3. The molecule has 0 heterocycles. The quantitative estimate of drug-likeness (QED) is 0.500. The molecule has 0 saturated carbocycles. The van der Waals surface area contributed by atoms with Crippen molar-refractivity contribution >= 4 is 12.0 Å². The molecule has 0 bridgehead atoms. The summed E-state index contributed by atoms with van der Waals surface area (Å²) in [7, 11) is 1.21. The SMILES string of the molecule is COC(=O)/C=C/c1c(O)cc(O)cc1O. The van der Waals surface area contributed by atoms with Crippen LogP contribution in [0, 0.1) is 0 Å². The molecule has 0 aliphatic heterocycles. The second kappa shape index (κ2) is 4.36. The number of carbonyl (C=O) groups is 1. The number of hydrogen-bond acceptors (Lipinski definition) is 5. The second-order valence-corrected chi connectivity index (χ2v) is 2.75. The number of phenolic OH excluding ortho intramolecular Hbond substituents is 3. The standard InChI is InChI=1S/C10H10O5/c1-15-10(14)3-2-7-8(12)4-6(11)5-9(7)13/h2-5,11-13H,1H3/b3-2+. The van der Waals surface area contributed by atoms with Gasteiger partial charge in [0.1, 0.15) is 17.2 Å². The number of phenols is 3. The van der Waals surface area contributed by atoms with Crippen LogP contribution in [-0.2, 0) is 9.53 Å². The molecule has 0 saturated heterocycles. The topological polar surface area (TPSA) is 87.0 Å². The van der Waals surface area contributed by atoms with Crippen molar-refractivity contribution in [3.63, 3.8) is 0 Å². The number of rotatable bonds is 2. The number of hydrogen-bond donors (Lipinski definition) is 3. The maximum absolute atomic E-state index is 10.8. The van der Waals surface area contributed by atoms with E-state index >= 15 is 0 Å². The van der Waals surface area contributed by atoms with Gasteiger partial charge in [0.15, 0.2) is 0 Å². The highest BCUT2D eigenvalue weighted by atomic mass is 16.5. The van der Waals surface area contributed by atoms with Gasteiger partial charge in [0.2, 0.25) is 0 Å². The third kappa shape index (κ3) is 2.63. The predicted octanol–water partition coefficient (Wildman–Crippen LogP) is 0.990. The van der Waals surface area contributed by atoms with Crippen LogP contribution in [0.2, 0.25) is 0 Å². The summed E-state index contributed by atoms with van der Waals surface area (Å²) in [6, 6.07) is 2.10. The van der Waals surface area contributed by atoms with Crippen molar-refractivity contribution in [2.45, 2.75) is 0 Å². The zero-order chi connectivity index (χ0) is 11.4. The molecule has 5 nitrogen and oxygen atoms in total. The Morgan fingerprint density at radius 1 is 1.27 bits per heavy atom. The van der Waals surface area contributed by atoms with E-state index < -0.39 is 5.97 Å². The Balaban J connectivity index is 3.05. The van der Waals surface area contributed by atoms with Gasteiger partial charge in [0.05, 0.1) is 12.7 Å². The molecule has 0 unspecified atom stereocenters. The summed E-state index contributed by atoms with van der Waals surface area (Å²) in [5.41, 5.74) is 0.0400. The highest BCUT2D eigenvalue weighted by molar-refractivity contribution is 5.88. The van der Waals surface area contributed by atoms with Gasteiger partial charge in [-0.1, -0.05) is 0 Å². The average molecular weight is 210 g/mol. The molecule has 1 aromatic rings. The number of methoxy groups -OCH3 is 1. The van der Waals surface area contributed by atoms with Gasteiger partial charge >= 0.3 is 5.97 Å². The van der Waals surface area contributed by atoms with Crippen molar-refractivity contribution in [2.24, 2.45) is 0 Å². The molecule has 0 aliphatic carbocycles. The van der Waals surface area contributed by atoms with Crippen LogP contribution in [-0.4, -0.2) is 28.4 Å². The lowest BCUT2D eigenvalue weighted by atomic mass is 10.1. The fourth-order valence-corrected chi connectivity index (χ4v) is 0.999. The first-order valence-electron chi connectivity index (χ1n) is 4.05. The van der Waals surface area contributed by atoms with Crippen molar-refractivity contribution < 1.29 is 24.9 Å². The van der Waals surface area contributed by atoms with Crippen LogP contribution in [0.5, 0.6) is 17.2 Å². The van der Waals surface area contributed by atoms with E-state index in [2.05, 4.69) is 4.74 Å². The summed E-state index contributed by atoms with van der Waals surface area (Å²) in [6.45, 7) is 0. The molecular formula is C10H10O5. The molecule has 80 valence electrons. The molecule has 5 heteroatoms. The largest absolute Gasteiger partial charge is 0.508 e. The average Bonchev–Trinajstić information content (AvgIpc) is 2.15. The summed E-state index contributed by atoms with van der Waals surface area (Å²) in [6.07, 6.45) is 2.24. The van der Waals surface area contributed by atoms with E-state index in [1.54, 1.807) is 0 Å². The van der Waals surface area contributed by atoms with Crippen molar-refractivity contribution in [2.75, 3.05) is 7.11 Å². The molecule has 15 heavy (non-hydrogen) atoms. The fraction of sp³-hybridized carbons (Fsp3) is 0.100. The molecule has 0 aromatic heterocycles. The van der Waals surface area contributed by atoms with Gasteiger partial charge in [-0.15, -0.1) is 0 Å². The third-order valence-electron chi connectivity index (χ3n) is 1.71. The Labute approximate surface area is 85.9 Å². The minimum atomic E-state index is -0.609. The van der Waals surface area contributed by atoms with Crippen LogP contribution >= 0.6 is 0 Å². The lowest BCUT2D eigenvalue weighted by molar-refractivity contribution is -0.134. The van der Waals surface area contributed by atoms with Crippen LogP contribution in [0.1, 0.15) is 5.56 Å². The highest BCUT2D eigenvalue weighted by Gasteiger charge is 2.06. The predicted molar refractivity (Wildman–Crippen MR) is 52.5 cm³/mol. The molecule has 0 amide bonds. The molecule has 0 spiro atoms. The molecule has 0 atom stereocenters. The monoisotopic (exact) mass is 210 g/mol. The maximum Gasteiger partial charge on any atom is 0.330 e. The number of benzene rings is 1. The zero-order valence-corrected chi connectivity index (χ0v) is 7.97. The Kier molecular flexibility index (Phi) is 3.17. The lowest BCUT2D eigenvalue weighted by Crippen LogP contribution is -1.93. The van der Waals surface area contributed by atoms with Gasteiger partial charge in [-0.05, 0) is 6.08 Å². The van der Waals surface area contributed by atoms with Crippen LogP contribution in [0.3, 0.4) is 0 Å². The van der Waals surface area contributed by atoms with Gasteiger partial charge in [0.25, 0.3) is 0 Å². The van der Waals surface area contributed by atoms with E-state index in [1.807, 2.05) is 0 Å². The minimum Gasteiger partial charge on any atom is -0.508 e. The van der Waals surface area contributed by atoms with Gasteiger partial charge in [-0.25, -0.2) is 4.79 Å². The third-order valence-corrected chi connectivity index (χ3v) is 1.71. The molecule has 0 aliphatic rings. The Morgan fingerprint density at radius 3 is 2.27 bits per heavy atom. The summed E-state index contributed by atoms with van der Waals surface area (Å²) >= 11 is 0. The van der Waals surface area contributed by atoms with E-state index in [0.29, 0.717) is 0 Å². The van der Waals surface area contributed by atoms with E-state index in [9.17, 15) is 15.0 Å². The van der Waals surface area contributed by atoms with Crippen LogP contribution in [0.15, 0.2) is 18.2 Å². The van der Waals surface area contributed by atoms with Gasteiger partial charge < -0.3 is 20.1 Å². The summed E-state index contributed by atoms with van der Waals surface area (Å²) in [5.74, 6) is -1.53. The van der Waals surface area contributed by atoms with Gasteiger partial charge in [-0.2, -0.15) is 0 Å². The molecule has 0 radical (unpaired) electrons. The van der Waals surface area contributed by atoms with Crippen molar-refractivity contribution in [3.05, 3.63) is 23.8 Å². The number of esters is 1. The Bertz CT molecular complexity index is 385. The maximum atomic E-state index is 10.8. The smallest absolute Gasteiger partial charge is 0.330 e.